The third-order valence-electron chi connectivity index (χ3n) is 2.40. The van der Waals surface area contributed by atoms with Crippen LogP contribution in [0.5, 0.6) is 0 Å². The third-order valence-corrected chi connectivity index (χ3v) is 11.0. The fraction of sp³-hybridized carbons (Fsp3) is 0.769. The van der Waals surface area contributed by atoms with Gasteiger partial charge in [-0.25, -0.2) is 4.79 Å². The molecule has 0 aromatic carbocycles. The second kappa shape index (κ2) is 8.28. The van der Waals surface area contributed by atoms with E-state index in [2.05, 4.69) is 39.3 Å². The lowest BCUT2D eigenvalue weighted by atomic mass is 10.2. The molecule has 7 heteroatoms. The van der Waals surface area contributed by atoms with Crippen LogP contribution in [0.1, 0.15) is 19.8 Å². The van der Waals surface area contributed by atoms with Crippen molar-refractivity contribution in [2.45, 2.75) is 65.1 Å². The van der Waals surface area contributed by atoms with Crippen molar-refractivity contribution in [3.05, 3.63) is 11.6 Å². The van der Waals surface area contributed by atoms with Crippen LogP contribution in [-0.2, 0) is 13.0 Å². The molecule has 0 aliphatic rings. The first kappa shape index (κ1) is 19.8. The third kappa shape index (κ3) is 11.6. The van der Waals surface area contributed by atoms with Crippen molar-refractivity contribution in [1.29, 1.82) is 0 Å². The van der Waals surface area contributed by atoms with Crippen molar-refractivity contribution < 1.29 is 18.1 Å². The molecular weight excluding hydrogens is 304 g/mol. The number of carbonyl (C=O) groups is 1. The topological polar surface area (TPSA) is 55.8 Å². The molecule has 0 amide bonds. The molecule has 0 heterocycles. The minimum absolute atomic E-state index is 0.417. The van der Waals surface area contributed by atoms with Crippen LogP contribution in [0.2, 0.25) is 45.3 Å². The van der Waals surface area contributed by atoms with Crippen molar-refractivity contribution in [3.8, 4) is 0 Å². The first-order valence-electron chi connectivity index (χ1n) is 7.16. The molecule has 0 rings (SSSR count). The average Bonchev–Trinajstić information content (AvgIpc) is 2.18. The zero-order valence-corrected chi connectivity index (χ0v) is 17.1. The lowest BCUT2D eigenvalue weighted by Crippen LogP contribution is -2.43. The van der Waals surface area contributed by atoms with E-state index in [9.17, 15) is 4.79 Å². The molecule has 0 aliphatic carbocycles. The Morgan fingerprint density at radius 1 is 1.10 bits per heavy atom. The number of hydrogen-bond donors (Lipinski definition) is 1. The largest absolute Gasteiger partial charge is 0.478 e. The summed E-state index contributed by atoms with van der Waals surface area (Å²) in [6.07, 6.45) is 3.51. The summed E-state index contributed by atoms with van der Waals surface area (Å²) in [5, 5.41) is 8.80. The van der Waals surface area contributed by atoms with Crippen LogP contribution in [0, 0.1) is 0 Å². The fourth-order valence-corrected chi connectivity index (χ4v) is 10.1. The highest BCUT2D eigenvalue weighted by Crippen LogP contribution is 2.16. The number of unbranched alkanes of at least 4 members (excludes halogenated alkanes) is 1. The van der Waals surface area contributed by atoms with Crippen LogP contribution in [0.15, 0.2) is 11.6 Å². The summed E-state index contributed by atoms with van der Waals surface area (Å²) in [4.78, 5) is 10.7. The second-order valence-corrected chi connectivity index (χ2v) is 18.8. The zero-order valence-electron chi connectivity index (χ0n) is 13.9. The molecule has 1 N–H and O–H groups in total. The Morgan fingerprint density at radius 3 is 1.90 bits per heavy atom. The van der Waals surface area contributed by atoms with Crippen molar-refractivity contribution in [1.82, 2.24) is 0 Å². The molecule has 0 fully saturated rings. The molecule has 0 unspecified atom stereocenters. The maximum absolute atomic E-state index is 10.7. The van der Waals surface area contributed by atoms with Gasteiger partial charge >= 0.3 is 15.3 Å². The molecule has 0 aliphatic heterocycles. The Balaban J connectivity index is 4.37. The normalized spacial score (nSPS) is 13.9. The summed E-state index contributed by atoms with van der Waals surface area (Å²) in [5.74, 6) is -0.838. The minimum Gasteiger partial charge on any atom is -0.478 e. The highest BCUT2D eigenvalue weighted by Gasteiger charge is 2.28. The molecule has 0 saturated carbocycles. The molecule has 118 valence electrons. The van der Waals surface area contributed by atoms with Gasteiger partial charge in [0.1, 0.15) is 0 Å². The number of hydrogen-bond acceptors (Lipinski definition) is 3. The van der Waals surface area contributed by atoms with E-state index in [1.165, 1.54) is 0 Å². The van der Waals surface area contributed by atoms with Gasteiger partial charge < -0.3 is 13.3 Å². The van der Waals surface area contributed by atoms with Gasteiger partial charge in [0.25, 0.3) is 0 Å². The molecule has 0 bridgehead atoms. The van der Waals surface area contributed by atoms with Crippen molar-refractivity contribution in [2.75, 3.05) is 0 Å². The Bertz CT molecular complexity index is 327. The van der Waals surface area contributed by atoms with Gasteiger partial charge in [-0.15, -0.1) is 0 Å². The van der Waals surface area contributed by atoms with E-state index in [0.717, 1.165) is 18.9 Å². The van der Waals surface area contributed by atoms with E-state index in [0.29, 0.717) is 5.57 Å². The molecule has 0 spiro atoms. The van der Waals surface area contributed by atoms with Crippen LogP contribution >= 0.6 is 0 Å². The Hall–Kier alpha value is -0.219. The first-order valence-corrected chi connectivity index (χ1v) is 15.7. The Morgan fingerprint density at radius 2 is 1.55 bits per heavy atom. The van der Waals surface area contributed by atoms with Crippen LogP contribution < -0.4 is 0 Å². The Kier molecular flexibility index (Phi) is 8.19. The average molecular weight is 335 g/mol. The summed E-state index contributed by atoms with van der Waals surface area (Å²) in [6, 6.07) is 0.956. The smallest absolute Gasteiger partial charge is 0.330 e. The summed E-state index contributed by atoms with van der Waals surface area (Å²) >= 11 is 0. The summed E-state index contributed by atoms with van der Waals surface area (Å²) < 4.78 is 12.4. The van der Waals surface area contributed by atoms with Gasteiger partial charge in [-0.1, -0.05) is 6.08 Å². The molecule has 0 aromatic rings. The van der Waals surface area contributed by atoms with E-state index < -0.39 is 31.9 Å². The molecular formula is C13H30O4Si3. The lowest BCUT2D eigenvalue weighted by Gasteiger charge is -2.30. The molecule has 0 radical (unpaired) electrons. The van der Waals surface area contributed by atoms with E-state index in [4.69, 9.17) is 13.3 Å². The van der Waals surface area contributed by atoms with Crippen LogP contribution in [0.25, 0.3) is 0 Å². The standard InChI is InChI=1S/C13H30O4Si3/c1-12(13(14)15)10-8-9-11-18(16-19(2,3)4)17-20(5,6)7/h10,18H,8-9,11H2,1-7H3,(H,14,15). The fourth-order valence-electron chi connectivity index (χ4n) is 1.62. The van der Waals surface area contributed by atoms with Gasteiger partial charge in [0.2, 0.25) is 0 Å². The monoisotopic (exact) mass is 334 g/mol. The van der Waals surface area contributed by atoms with Crippen LogP contribution in [-0.4, -0.2) is 37.0 Å². The first-order chi connectivity index (χ1) is 8.91. The number of carboxylic acid groups (broad SMARTS) is 1. The number of rotatable bonds is 9. The predicted octanol–water partition coefficient (Wildman–Crippen LogP) is 3.72. The summed E-state index contributed by atoms with van der Waals surface area (Å²) in [7, 11) is -4.77. The zero-order chi connectivity index (χ0) is 16.0. The number of carboxylic acids is 1. The van der Waals surface area contributed by atoms with E-state index >= 15 is 0 Å². The molecule has 0 saturated heterocycles. The molecule has 4 nitrogen and oxygen atoms in total. The second-order valence-electron chi connectivity index (χ2n) is 7.01. The van der Waals surface area contributed by atoms with Crippen molar-refractivity contribution in [2.24, 2.45) is 0 Å². The summed E-state index contributed by atoms with van der Waals surface area (Å²) in [5.41, 5.74) is 0.417. The Labute approximate surface area is 127 Å². The van der Waals surface area contributed by atoms with Gasteiger partial charge in [0.05, 0.1) is 0 Å². The van der Waals surface area contributed by atoms with Gasteiger partial charge in [0, 0.05) is 5.57 Å². The highest BCUT2D eigenvalue weighted by atomic mass is 28.4. The SMILES string of the molecule is CC(=CCCC[SiH](O[Si](C)(C)C)O[Si](C)(C)C)C(=O)O. The molecule has 20 heavy (non-hydrogen) atoms. The lowest BCUT2D eigenvalue weighted by molar-refractivity contribution is -0.132. The number of allylic oxidation sites excluding steroid dienone is 1. The predicted molar refractivity (Wildman–Crippen MR) is 91.4 cm³/mol. The van der Waals surface area contributed by atoms with Gasteiger partial charge in [-0.05, 0) is 65.1 Å². The van der Waals surface area contributed by atoms with Crippen molar-refractivity contribution >= 4 is 31.9 Å². The van der Waals surface area contributed by atoms with Gasteiger partial charge in [-0.2, -0.15) is 0 Å². The van der Waals surface area contributed by atoms with Gasteiger partial charge in [-0.3, -0.25) is 0 Å². The van der Waals surface area contributed by atoms with Crippen LogP contribution in [0.4, 0.5) is 0 Å². The van der Waals surface area contributed by atoms with E-state index in [1.54, 1.807) is 13.0 Å². The van der Waals surface area contributed by atoms with E-state index in [1.807, 2.05) is 0 Å². The van der Waals surface area contributed by atoms with Crippen LogP contribution in [0.3, 0.4) is 0 Å². The molecule has 0 atom stereocenters. The minimum atomic E-state index is -1.62. The number of aliphatic carboxylic acids is 1. The maximum atomic E-state index is 10.7. The summed E-state index contributed by atoms with van der Waals surface area (Å²) in [6.45, 7) is 14.8. The quantitative estimate of drug-likeness (QED) is 0.397. The highest BCUT2D eigenvalue weighted by molar-refractivity contribution is 6.81. The van der Waals surface area contributed by atoms with Crippen molar-refractivity contribution in [3.63, 3.8) is 0 Å². The molecule has 0 aromatic heterocycles. The van der Waals surface area contributed by atoms with E-state index in [-0.39, 0.29) is 0 Å². The van der Waals surface area contributed by atoms with Gasteiger partial charge in [0.15, 0.2) is 16.6 Å². The maximum Gasteiger partial charge on any atom is 0.330 e.